The maximum atomic E-state index is 11.3. The Morgan fingerprint density at radius 2 is 1.36 bits per heavy atom. The van der Waals surface area contributed by atoms with E-state index in [0.717, 1.165) is 37.0 Å². The van der Waals surface area contributed by atoms with Gasteiger partial charge in [-0.05, 0) is 56.3 Å². The van der Waals surface area contributed by atoms with E-state index in [1.807, 2.05) is 0 Å². The van der Waals surface area contributed by atoms with E-state index in [0.29, 0.717) is 0 Å². The van der Waals surface area contributed by atoms with Crippen LogP contribution in [0.3, 0.4) is 0 Å². The molecule has 0 amide bonds. The fourth-order valence-corrected chi connectivity index (χ4v) is 4.37. The number of hydrogen-bond donors (Lipinski definition) is 1. The molecule has 0 aromatic rings. The van der Waals surface area contributed by atoms with Crippen molar-refractivity contribution in [2.24, 2.45) is 23.2 Å². The molecule has 0 aromatic carbocycles. The Labute approximate surface area is 122 Å². The molecule has 14 heavy (non-hydrogen) atoms. The fourth-order valence-electron chi connectivity index (χ4n) is 4.37. The molecule has 2 nitrogen and oxygen atoms in total. The molecule has 0 aliphatic heterocycles. The third-order valence-corrected chi connectivity index (χ3v) is 4.49. The summed E-state index contributed by atoms with van der Waals surface area (Å²) in [6.07, 6.45) is 6.92. The molecule has 4 aliphatic carbocycles. The summed E-state index contributed by atoms with van der Waals surface area (Å²) in [5, 5.41) is 9.28. The van der Waals surface area contributed by atoms with Crippen molar-refractivity contribution in [1.29, 1.82) is 0 Å². The zero-order valence-electron chi connectivity index (χ0n) is 7.83. The van der Waals surface area contributed by atoms with E-state index in [4.69, 9.17) is 0 Å². The Morgan fingerprint density at radius 1 is 1.00 bits per heavy atom. The van der Waals surface area contributed by atoms with Crippen molar-refractivity contribution in [1.82, 2.24) is 0 Å². The van der Waals surface area contributed by atoms with E-state index in [9.17, 15) is 9.90 Å². The Hall–Kier alpha value is 0.951. The van der Waals surface area contributed by atoms with Gasteiger partial charge >= 0.3 is 51.5 Å². The standard InChI is InChI=1S/C11H16O2.Sr.2H/c12-10(13)11-4-7-1-8(5-11)3-9(2-7)6-11;;;/h7-9H,1-6H2,(H,12,13);;;. The van der Waals surface area contributed by atoms with Gasteiger partial charge in [-0.25, -0.2) is 0 Å². The number of carboxylic acids is 1. The summed E-state index contributed by atoms with van der Waals surface area (Å²) in [4.78, 5) is 11.3. The van der Waals surface area contributed by atoms with Crippen molar-refractivity contribution in [3.63, 3.8) is 0 Å². The third kappa shape index (κ3) is 1.60. The molecule has 0 unspecified atom stereocenters. The van der Waals surface area contributed by atoms with Crippen LogP contribution in [0.2, 0.25) is 0 Å². The van der Waals surface area contributed by atoms with Gasteiger partial charge in [0, 0.05) is 0 Å². The van der Waals surface area contributed by atoms with E-state index in [-0.39, 0.29) is 50.9 Å². The molecule has 0 spiro atoms. The molecule has 4 saturated carbocycles. The van der Waals surface area contributed by atoms with Gasteiger partial charge in [0.1, 0.15) is 0 Å². The zero-order chi connectivity index (χ0) is 9.05. The molecule has 0 atom stereocenters. The first-order chi connectivity index (χ1) is 6.18. The number of carboxylic acid groups (broad SMARTS) is 1. The van der Waals surface area contributed by atoms with Gasteiger partial charge < -0.3 is 5.11 Å². The second-order valence-electron chi connectivity index (χ2n) is 5.50. The predicted octanol–water partition coefficient (Wildman–Crippen LogP) is 1.37. The van der Waals surface area contributed by atoms with Gasteiger partial charge in [-0.1, -0.05) is 0 Å². The molecular weight excluding hydrogens is 252 g/mol. The number of carbonyl (C=O) groups is 1. The van der Waals surface area contributed by atoms with Crippen LogP contribution in [0, 0.1) is 23.2 Å². The van der Waals surface area contributed by atoms with E-state index >= 15 is 0 Å². The van der Waals surface area contributed by atoms with Gasteiger partial charge in [-0.2, -0.15) is 0 Å². The van der Waals surface area contributed by atoms with Crippen molar-refractivity contribution in [3.05, 3.63) is 0 Å². The Morgan fingerprint density at radius 3 is 1.64 bits per heavy atom. The Kier molecular flexibility index (Phi) is 3.07. The van der Waals surface area contributed by atoms with Crippen LogP contribution >= 0.6 is 0 Å². The van der Waals surface area contributed by atoms with Gasteiger partial charge in [-0.3, -0.25) is 4.79 Å². The molecule has 4 bridgehead atoms. The van der Waals surface area contributed by atoms with Crippen molar-refractivity contribution < 1.29 is 9.90 Å². The minimum absolute atomic E-state index is 0. The van der Waals surface area contributed by atoms with Crippen LogP contribution in [0.15, 0.2) is 0 Å². The first-order valence-corrected chi connectivity index (χ1v) is 5.41. The summed E-state index contributed by atoms with van der Waals surface area (Å²) >= 11 is 0. The van der Waals surface area contributed by atoms with E-state index in [1.54, 1.807) is 0 Å². The average Bonchev–Trinajstić information content (AvgIpc) is 2.00. The molecule has 76 valence electrons. The molecular formula is C11H18O2Sr. The summed E-state index contributed by atoms with van der Waals surface area (Å²) in [5.41, 5.74) is -0.283. The van der Waals surface area contributed by atoms with Crippen molar-refractivity contribution >= 4 is 51.5 Å². The summed E-state index contributed by atoms with van der Waals surface area (Å²) in [6.45, 7) is 0. The third-order valence-electron chi connectivity index (χ3n) is 4.49. The molecule has 3 heteroatoms. The molecule has 1 N–H and O–H groups in total. The average molecular weight is 270 g/mol. The number of rotatable bonds is 1. The van der Waals surface area contributed by atoms with E-state index in [1.165, 1.54) is 19.3 Å². The van der Waals surface area contributed by atoms with Crippen LogP contribution in [0.5, 0.6) is 0 Å². The predicted molar refractivity (Wildman–Crippen MR) is 56.8 cm³/mol. The quantitative estimate of drug-likeness (QED) is 0.730. The van der Waals surface area contributed by atoms with Crippen LogP contribution in [0.25, 0.3) is 0 Å². The maximum absolute atomic E-state index is 11.3. The van der Waals surface area contributed by atoms with Gasteiger partial charge in [0.2, 0.25) is 0 Å². The number of aliphatic carboxylic acids is 1. The monoisotopic (exact) mass is 270 g/mol. The topological polar surface area (TPSA) is 37.3 Å². The number of hydrogen-bond acceptors (Lipinski definition) is 1. The van der Waals surface area contributed by atoms with Gasteiger partial charge in [0.05, 0.1) is 5.41 Å². The molecule has 0 radical (unpaired) electrons. The molecule has 0 heterocycles. The molecule has 4 aliphatic rings. The fraction of sp³-hybridized carbons (Fsp3) is 0.909. The van der Waals surface area contributed by atoms with E-state index < -0.39 is 5.97 Å². The Bertz CT molecular complexity index is 227. The van der Waals surface area contributed by atoms with E-state index in [2.05, 4.69) is 0 Å². The summed E-state index contributed by atoms with van der Waals surface area (Å²) in [7, 11) is 0. The first-order valence-electron chi connectivity index (χ1n) is 5.41. The minimum atomic E-state index is -0.508. The van der Waals surface area contributed by atoms with Crippen LogP contribution in [0.1, 0.15) is 38.5 Å². The Balaban J connectivity index is 0.000000750. The molecule has 4 fully saturated rings. The molecule has 4 rings (SSSR count). The van der Waals surface area contributed by atoms with Crippen molar-refractivity contribution in [2.75, 3.05) is 0 Å². The second-order valence-corrected chi connectivity index (χ2v) is 5.50. The van der Waals surface area contributed by atoms with Crippen LogP contribution < -0.4 is 0 Å². The van der Waals surface area contributed by atoms with Crippen molar-refractivity contribution in [3.8, 4) is 0 Å². The second kappa shape index (κ2) is 3.76. The normalized spacial score (nSPS) is 48.7. The SMILES string of the molecule is O=C(O)C12CC3CC(CC(C3)C1)C2.[SrH2]. The summed E-state index contributed by atoms with van der Waals surface area (Å²) in [5.74, 6) is 1.75. The first kappa shape index (κ1) is 11.4. The van der Waals surface area contributed by atoms with Crippen LogP contribution in [-0.4, -0.2) is 56.6 Å². The van der Waals surface area contributed by atoms with Gasteiger partial charge in [-0.15, -0.1) is 0 Å². The molecule has 0 aromatic heterocycles. The van der Waals surface area contributed by atoms with Gasteiger partial charge in [0.15, 0.2) is 0 Å². The molecule has 0 saturated heterocycles. The van der Waals surface area contributed by atoms with Crippen LogP contribution in [-0.2, 0) is 4.79 Å². The summed E-state index contributed by atoms with van der Waals surface area (Å²) in [6, 6.07) is 0. The van der Waals surface area contributed by atoms with Crippen LogP contribution in [0.4, 0.5) is 0 Å². The summed E-state index contributed by atoms with van der Waals surface area (Å²) < 4.78 is 0. The zero-order valence-corrected chi connectivity index (χ0v) is 7.83. The van der Waals surface area contributed by atoms with Gasteiger partial charge in [0.25, 0.3) is 0 Å². The van der Waals surface area contributed by atoms with Crippen molar-refractivity contribution in [2.45, 2.75) is 38.5 Å².